The van der Waals surface area contributed by atoms with Crippen LogP contribution in [0.25, 0.3) is 0 Å². The topological polar surface area (TPSA) is 26.0 Å². The zero-order chi connectivity index (χ0) is 12.6. The first-order valence-electron chi connectivity index (χ1n) is 4.94. The van der Waals surface area contributed by atoms with Crippen LogP contribution in [0.5, 0.6) is 0 Å². The van der Waals surface area contributed by atoms with Gasteiger partial charge in [-0.1, -0.05) is 34.8 Å². The van der Waals surface area contributed by atoms with Crippen LogP contribution in [0.2, 0.25) is 15.1 Å². The van der Waals surface area contributed by atoms with E-state index >= 15 is 0 Å². The van der Waals surface area contributed by atoms with Crippen molar-refractivity contribution < 1.29 is 0 Å². The lowest BCUT2D eigenvalue weighted by Crippen LogP contribution is -2.11. The maximum atomic E-state index is 6.20. The van der Waals surface area contributed by atoms with E-state index in [1.807, 2.05) is 12.3 Å². The molecule has 2 aromatic rings. The van der Waals surface area contributed by atoms with Gasteiger partial charge in [0, 0.05) is 14.9 Å². The average molecular weight is 307 g/mol. The maximum Gasteiger partial charge on any atom is 0.0676 e. The standard InChI is InChI=1S/C12H10Cl3NS/c1-6-5-17-12(10(6)15)11(16)8-4-7(13)2-3-9(8)14/h2-5,11H,16H2,1H3. The molecule has 17 heavy (non-hydrogen) atoms. The summed E-state index contributed by atoms with van der Waals surface area (Å²) in [4.78, 5) is 0.910. The summed E-state index contributed by atoms with van der Waals surface area (Å²) in [5, 5.41) is 3.91. The smallest absolute Gasteiger partial charge is 0.0676 e. The third kappa shape index (κ3) is 2.61. The number of nitrogens with two attached hydrogens (primary N) is 1. The lowest BCUT2D eigenvalue weighted by atomic mass is 10.1. The van der Waals surface area contributed by atoms with E-state index in [1.165, 1.54) is 11.3 Å². The lowest BCUT2D eigenvalue weighted by molar-refractivity contribution is 0.893. The molecule has 0 fully saturated rings. The van der Waals surface area contributed by atoms with Crippen molar-refractivity contribution in [3.63, 3.8) is 0 Å². The Morgan fingerprint density at radius 1 is 1.24 bits per heavy atom. The van der Waals surface area contributed by atoms with Crippen molar-refractivity contribution in [3.8, 4) is 0 Å². The summed E-state index contributed by atoms with van der Waals surface area (Å²) < 4.78 is 0. The highest BCUT2D eigenvalue weighted by molar-refractivity contribution is 7.10. The summed E-state index contributed by atoms with van der Waals surface area (Å²) in [6, 6.07) is 4.92. The van der Waals surface area contributed by atoms with Crippen LogP contribution < -0.4 is 5.73 Å². The summed E-state index contributed by atoms with van der Waals surface area (Å²) in [7, 11) is 0. The molecule has 1 heterocycles. The minimum Gasteiger partial charge on any atom is -0.320 e. The van der Waals surface area contributed by atoms with Gasteiger partial charge in [0.1, 0.15) is 0 Å². The molecule has 0 aliphatic rings. The molecule has 1 nitrogen and oxygen atoms in total. The largest absolute Gasteiger partial charge is 0.320 e. The minimum absolute atomic E-state index is 0.340. The molecule has 1 atom stereocenters. The van der Waals surface area contributed by atoms with E-state index in [9.17, 15) is 0 Å². The first-order valence-corrected chi connectivity index (χ1v) is 6.96. The van der Waals surface area contributed by atoms with Gasteiger partial charge in [-0.05, 0) is 41.6 Å². The van der Waals surface area contributed by atoms with Gasteiger partial charge in [0.05, 0.1) is 11.1 Å². The second kappa shape index (κ2) is 5.17. The number of halogens is 3. The molecule has 2 rings (SSSR count). The van der Waals surface area contributed by atoms with E-state index < -0.39 is 0 Å². The van der Waals surface area contributed by atoms with E-state index in [1.54, 1.807) is 18.2 Å². The van der Waals surface area contributed by atoms with Crippen LogP contribution in [0.15, 0.2) is 23.6 Å². The Bertz CT molecular complexity index is 551. The molecule has 1 aromatic carbocycles. The van der Waals surface area contributed by atoms with Gasteiger partial charge >= 0.3 is 0 Å². The zero-order valence-electron chi connectivity index (χ0n) is 9.01. The van der Waals surface area contributed by atoms with E-state index in [4.69, 9.17) is 40.5 Å². The molecular formula is C12H10Cl3NS. The molecule has 90 valence electrons. The Kier molecular flexibility index (Phi) is 4.01. The Morgan fingerprint density at radius 3 is 2.53 bits per heavy atom. The third-order valence-electron chi connectivity index (χ3n) is 2.50. The molecule has 1 unspecified atom stereocenters. The predicted molar refractivity (Wildman–Crippen MR) is 76.6 cm³/mol. The molecule has 0 aliphatic carbocycles. The van der Waals surface area contributed by atoms with E-state index in [0.717, 1.165) is 16.0 Å². The van der Waals surface area contributed by atoms with Crippen LogP contribution in [0, 0.1) is 6.92 Å². The normalized spacial score (nSPS) is 12.8. The molecule has 0 bridgehead atoms. The second-order valence-corrected chi connectivity index (χ2v) is 5.87. The Morgan fingerprint density at radius 2 is 1.94 bits per heavy atom. The molecule has 2 N–H and O–H groups in total. The van der Waals surface area contributed by atoms with Gasteiger partial charge in [0.15, 0.2) is 0 Å². The Labute approximate surface area is 119 Å². The summed E-state index contributed by atoms with van der Waals surface area (Å²) in [5.74, 6) is 0. The van der Waals surface area contributed by atoms with Gasteiger partial charge in [-0.3, -0.25) is 0 Å². The molecule has 5 heteroatoms. The number of hydrogen-bond donors (Lipinski definition) is 1. The van der Waals surface area contributed by atoms with Crippen LogP contribution >= 0.6 is 46.1 Å². The van der Waals surface area contributed by atoms with Crippen LogP contribution in [0.1, 0.15) is 22.0 Å². The van der Waals surface area contributed by atoms with Crippen molar-refractivity contribution in [3.05, 3.63) is 54.7 Å². The molecule has 0 saturated heterocycles. The highest BCUT2D eigenvalue weighted by Gasteiger charge is 2.18. The van der Waals surface area contributed by atoms with Gasteiger partial charge in [-0.25, -0.2) is 0 Å². The van der Waals surface area contributed by atoms with Crippen LogP contribution in [-0.4, -0.2) is 0 Å². The first kappa shape index (κ1) is 13.2. The maximum absolute atomic E-state index is 6.20. The molecule has 1 aromatic heterocycles. The van der Waals surface area contributed by atoms with Crippen LogP contribution in [0.3, 0.4) is 0 Å². The number of rotatable bonds is 2. The fraction of sp³-hybridized carbons (Fsp3) is 0.167. The Hall–Kier alpha value is -0.250. The van der Waals surface area contributed by atoms with E-state index in [0.29, 0.717) is 15.1 Å². The van der Waals surface area contributed by atoms with Crippen molar-refractivity contribution in [1.29, 1.82) is 0 Å². The van der Waals surface area contributed by atoms with Gasteiger partial charge in [-0.15, -0.1) is 11.3 Å². The summed E-state index contributed by atoms with van der Waals surface area (Å²) >= 11 is 19.8. The Balaban J connectivity index is 2.47. The summed E-state index contributed by atoms with van der Waals surface area (Å²) in [5.41, 5.74) is 8.01. The molecular weight excluding hydrogens is 297 g/mol. The highest BCUT2D eigenvalue weighted by atomic mass is 35.5. The molecule has 0 aliphatic heterocycles. The van der Waals surface area contributed by atoms with Gasteiger partial charge in [0.25, 0.3) is 0 Å². The average Bonchev–Trinajstić information content (AvgIpc) is 2.62. The second-order valence-electron chi connectivity index (χ2n) is 3.74. The highest BCUT2D eigenvalue weighted by Crippen LogP contribution is 2.37. The van der Waals surface area contributed by atoms with Crippen molar-refractivity contribution in [2.24, 2.45) is 5.73 Å². The van der Waals surface area contributed by atoms with E-state index in [2.05, 4.69) is 0 Å². The van der Waals surface area contributed by atoms with Gasteiger partial charge in [-0.2, -0.15) is 0 Å². The molecule has 0 amide bonds. The summed E-state index contributed by atoms with van der Waals surface area (Å²) in [6.45, 7) is 1.95. The monoisotopic (exact) mass is 305 g/mol. The number of hydrogen-bond acceptors (Lipinski definition) is 2. The van der Waals surface area contributed by atoms with E-state index in [-0.39, 0.29) is 6.04 Å². The SMILES string of the molecule is Cc1csc(C(N)c2cc(Cl)ccc2Cl)c1Cl. The van der Waals surface area contributed by atoms with Crippen molar-refractivity contribution in [1.82, 2.24) is 0 Å². The van der Waals surface area contributed by atoms with Crippen molar-refractivity contribution in [2.75, 3.05) is 0 Å². The summed E-state index contributed by atoms with van der Waals surface area (Å²) in [6.07, 6.45) is 0. The van der Waals surface area contributed by atoms with Crippen molar-refractivity contribution >= 4 is 46.1 Å². The fourth-order valence-corrected chi connectivity index (χ4v) is 3.30. The van der Waals surface area contributed by atoms with Crippen LogP contribution in [0.4, 0.5) is 0 Å². The van der Waals surface area contributed by atoms with Gasteiger partial charge < -0.3 is 5.73 Å². The lowest BCUT2D eigenvalue weighted by Gasteiger charge is -2.13. The first-order chi connectivity index (χ1) is 8.00. The number of aryl methyl sites for hydroxylation is 1. The number of thiophene rings is 1. The molecule has 0 saturated carbocycles. The number of benzene rings is 1. The predicted octanol–water partition coefficient (Wildman–Crippen LogP) is 5.06. The minimum atomic E-state index is -0.340. The molecule has 0 radical (unpaired) electrons. The van der Waals surface area contributed by atoms with Gasteiger partial charge in [0.2, 0.25) is 0 Å². The molecule has 0 spiro atoms. The van der Waals surface area contributed by atoms with Crippen LogP contribution in [-0.2, 0) is 0 Å². The van der Waals surface area contributed by atoms with Crippen molar-refractivity contribution in [2.45, 2.75) is 13.0 Å². The third-order valence-corrected chi connectivity index (χ3v) is 4.88. The fourth-order valence-electron chi connectivity index (χ4n) is 1.55. The quantitative estimate of drug-likeness (QED) is 0.824. The zero-order valence-corrected chi connectivity index (χ0v) is 12.1.